The first-order valence-corrected chi connectivity index (χ1v) is 9.02. The van der Waals surface area contributed by atoms with Crippen molar-refractivity contribution in [3.05, 3.63) is 30.1 Å². The number of hydrogen-bond donors (Lipinski definition) is 1. The third-order valence-electron chi connectivity index (χ3n) is 3.83. The lowest BCUT2D eigenvalue weighted by molar-refractivity contribution is -0.00519. The van der Waals surface area contributed by atoms with E-state index in [1.807, 2.05) is 32.0 Å². The Labute approximate surface area is 127 Å². The number of pyridine rings is 1. The van der Waals surface area contributed by atoms with Crippen LogP contribution in [0.1, 0.15) is 32.4 Å². The van der Waals surface area contributed by atoms with Crippen molar-refractivity contribution in [1.29, 1.82) is 0 Å². The Morgan fingerprint density at radius 3 is 2.52 bits per heavy atom. The van der Waals surface area contributed by atoms with Gasteiger partial charge in [0.2, 0.25) is 10.0 Å². The average molecular weight is 312 g/mol. The van der Waals surface area contributed by atoms with Crippen LogP contribution in [0.2, 0.25) is 0 Å². The van der Waals surface area contributed by atoms with E-state index in [2.05, 4.69) is 4.98 Å². The van der Waals surface area contributed by atoms with E-state index < -0.39 is 15.6 Å². The van der Waals surface area contributed by atoms with Gasteiger partial charge >= 0.3 is 0 Å². The lowest BCUT2D eigenvalue weighted by Gasteiger charge is -2.37. The molecule has 0 bridgehead atoms. The van der Waals surface area contributed by atoms with E-state index in [-0.39, 0.29) is 11.7 Å². The summed E-state index contributed by atoms with van der Waals surface area (Å²) in [5.74, 6) is 0.287. The second-order valence-corrected chi connectivity index (χ2v) is 8.31. The van der Waals surface area contributed by atoms with Crippen LogP contribution in [-0.4, -0.2) is 47.3 Å². The van der Waals surface area contributed by atoms with Gasteiger partial charge in [-0.05, 0) is 30.9 Å². The largest absolute Gasteiger partial charge is 0.389 e. The van der Waals surface area contributed by atoms with Gasteiger partial charge in [0, 0.05) is 31.4 Å². The summed E-state index contributed by atoms with van der Waals surface area (Å²) in [6.07, 6.45) is 3.11. The molecule has 1 saturated heterocycles. The Kier molecular flexibility index (Phi) is 5.01. The second-order valence-electron chi connectivity index (χ2n) is 6.29. The van der Waals surface area contributed by atoms with Gasteiger partial charge in [0.05, 0.1) is 11.4 Å². The first-order chi connectivity index (χ1) is 9.81. The van der Waals surface area contributed by atoms with Crippen molar-refractivity contribution in [2.24, 2.45) is 5.92 Å². The topological polar surface area (TPSA) is 70.5 Å². The van der Waals surface area contributed by atoms with Gasteiger partial charge in [-0.3, -0.25) is 4.98 Å². The van der Waals surface area contributed by atoms with Crippen molar-refractivity contribution < 1.29 is 13.5 Å². The molecule has 1 aromatic heterocycles. The van der Waals surface area contributed by atoms with Gasteiger partial charge in [-0.15, -0.1) is 0 Å². The SMILES string of the molecule is CC(C)CS(=O)(=O)N1CCC(O)(Cc2ccccn2)CC1. The van der Waals surface area contributed by atoms with Crippen molar-refractivity contribution in [3.8, 4) is 0 Å². The third kappa shape index (κ3) is 4.49. The van der Waals surface area contributed by atoms with Crippen LogP contribution in [-0.2, 0) is 16.4 Å². The summed E-state index contributed by atoms with van der Waals surface area (Å²) >= 11 is 0. The molecule has 1 aliphatic heterocycles. The molecule has 0 amide bonds. The number of piperidine rings is 1. The highest BCUT2D eigenvalue weighted by atomic mass is 32.2. The van der Waals surface area contributed by atoms with Crippen LogP contribution in [0.5, 0.6) is 0 Å². The molecule has 0 spiro atoms. The van der Waals surface area contributed by atoms with Gasteiger partial charge in [0.1, 0.15) is 0 Å². The molecule has 0 radical (unpaired) electrons. The Hall–Kier alpha value is -0.980. The van der Waals surface area contributed by atoms with E-state index in [1.165, 1.54) is 4.31 Å². The maximum Gasteiger partial charge on any atom is 0.214 e. The summed E-state index contributed by atoms with van der Waals surface area (Å²) in [7, 11) is -3.20. The van der Waals surface area contributed by atoms with E-state index in [0.29, 0.717) is 32.4 Å². The molecule has 21 heavy (non-hydrogen) atoms. The smallest absolute Gasteiger partial charge is 0.214 e. The number of nitrogens with zero attached hydrogens (tertiary/aromatic N) is 2. The first-order valence-electron chi connectivity index (χ1n) is 7.41. The molecule has 1 aromatic rings. The van der Waals surface area contributed by atoms with Gasteiger partial charge < -0.3 is 5.11 Å². The predicted octanol–water partition coefficient (Wildman–Crippen LogP) is 1.44. The number of aliphatic hydroxyl groups is 1. The molecular formula is C15H24N2O3S. The van der Waals surface area contributed by atoms with E-state index in [0.717, 1.165) is 5.69 Å². The Bertz CT molecular complexity index is 550. The Balaban J connectivity index is 1.96. The van der Waals surface area contributed by atoms with Crippen LogP contribution in [0.25, 0.3) is 0 Å². The van der Waals surface area contributed by atoms with Crippen LogP contribution in [0.4, 0.5) is 0 Å². The molecule has 1 fully saturated rings. The Morgan fingerprint density at radius 2 is 2.00 bits per heavy atom. The van der Waals surface area contributed by atoms with Crippen LogP contribution < -0.4 is 0 Å². The van der Waals surface area contributed by atoms with Crippen LogP contribution in [0.3, 0.4) is 0 Å². The lowest BCUT2D eigenvalue weighted by atomic mass is 9.88. The highest BCUT2D eigenvalue weighted by molar-refractivity contribution is 7.89. The van der Waals surface area contributed by atoms with Crippen molar-refractivity contribution in [3.63, 3.8) is 0 Å². The number of sulfonamides is 1. The minimum Gasteiger partial charge on any atom is -0.389 e. The Morgan fingerprint density at radius 1 is 1.33 bits per heavy atom. The number of rotatable bonds is 5. The van der Waals surface area contributed by atoms with E-state index in [4.69, 9.17) is 0 Å². The van der Waals surface area contributed by atoms with Gasteiger partial charge in [0.15, 0.2) is 0 Å². The second kappa shape index (κ2) is 6.42. The van der Waals surface area contributed by atoms with Crippen molar-refractivity contribution >= 4 is 10.0 Å². The molecule has 2 heterocycles. The normalized spacial score (nSPS) is 19.8. The quantitative estimate of drug-likeness (QED) is 0.893. The van der Waals surface area contributed by atoms with Gasteiger partial charge in [-0.25, -0.2) is 12.7 Å². The molecule has 118 valence electrons. The maximum atomic E-state index is 12.2. The zero-order chi connectivity index (χ0) is 15.5. The van der Waals surface area contributed by atoms with Crippen LogP contribution in [0.15, 0.2) is 24.4 Å². The van der Waals surface area contributed by atoms with Crippen LogP contribution in [0, 0.1) is 5.92 Å². The summed E-state index contributed by atoms with van der Waals surface area (Å²) in [5.41, 5.74) is -0.00318. The average Bonchev–Trinajstić information content (AvgIpc) is 2.38. The molecule has 0 unspecified atom stereocenters. The van der Waals surface area contributed by atoms with Gasteiger partial charge in [-0.2, -0.15) is 0 Å². The summed E-state index contributed by atoms with van der Waals surface area (Å²) in [6.45, 7) is 4.58. The lowest BCUT2D eigenvalue weighted by Crippen LogP contribution is -2.48. The summed E-state index contributed by atoms with van der Waals surface area (Å²) in [5, 5.41) is 10.6. The summed E-state index contributed by atoms with van der Waals surface area (Å²) < 4.78 is 25.9. The minimum atomic E-state index is -3.20. The van der Waals surface area contributed by atoms with E-state index in [1.54, 1.807) is 6.20 Å². The van der Waals surface area contributed by atoms with Crippen molar-refractivity contribution in [2.75, 3.05) is 18.8 Å². The molecule has 5 nitrogen and oxygen atoms in total. The number of aromatic nitrogens is 1. The molecule has 0 atom stereocenters. The third-order valence-corrected chi connectivity index (χ3v) is 6.07. The molecule has 0 aromatic carbocycles. The number of hydrogen-bond acceptors (Lipinski definition) is 4. The molecule has 6 heteroatoms. The van der Waals surface area contributed by atoms with Crippen molar-refractivity contribution in [2.45, 2.75) is 38.7 Å². The molecule has 2 rings (SSSR count). The highest BCUT2D eigenvalue weighted by Crippen LogP contribution is 2.27. The fourth-order valence-electron chi connectivity index (χ4n) is 2.72. The summed E-state index contributed by atoms with van der Waals surface area (Å²) in [6, 6.07) is 5.63. The minimum absolute atomic E-state index is 0.115. The predicted molar refractivity (Wildman–Crippen MR) is 82.3 cm³/mol. The molecule has 1 N–H and O–H groups in total. The van der Waals surface area contributed by atoms with E-state index in [9.17, 15) is 13.5 Å². The zero-order valence-electron chi connectivity index (χ0n) is 12.7. The summed E-state index contributed by atoms with van der Waals surface area (Å²) in [4.78, 5) is 4.23. The monoisotopic (exact) mass is 312 g/mol. The highest BCUT2D eigenvalue weighted by Gasteiger charge is 2.36. The fraction of sp³-hybridized carbons (Fsp3) is 0.667. The molecule has 0 saturated carbocycles. The molecule has 0 aliphatic carbocycles. The van der Waals surface area contributed by atoms with Gasteiger partial charge in [0.25, 0.3) is 0 Å². The zero-order valence-corrected chi connectivity index (χ0v) is 13.5. The van der Waals surface area contributed by atoms with Gasteiger partial charge in [-0.1, -0.05) is 19.9 Å². The van der Waals surface area contributed by atoms with Crippen molar-refractivity contribution in [1.82, 2.24) is 9.29 Å². The van der Waals surface area contributed by atoms with Crippen LogP contribution >= 0.6 is 0 Å². The standard InChI is InChI=1S/C15H24N2O3S/c1-13(2)12-21(19,20)17-9-6-15(18,7-10-17)11-14-5-3-4-8-16-14/h3-5,8,13,18H,6-7,9-12H2,1-2H3. The maximum absolute atomic E-state index is 12.2. The molecular weight excluding hydrogens is 288 g/mol. The first kappa shape index (κ1) is 16.4. The fourth-order valence-corrected chi connectivity index (χ4v) is 4.52. The molecule has 1 aliphatic rings. The van der Waals surface area contributed by atoms with E-state index >= 15 is 0 Å².